The second-order valence-electron chi connectivity index (χ2n) is 17.0. The fraction of sp³-hybridized carbons (Fsp3) is 0.644. The predicted molar refractivity (Wildman–Crippen MR) is 279 cm³/mol. The lowest BCUT2D eigenvalue weighted by molar-refractivity contribution is -0.166. The van der Waals surface area contributed by atoms with Crippen LogP contribution in [0.15, 0.2) is 109 Å². The van der Waals surface area contributed by atoms with Crippen LogP contribution in [0, 0.1) is 0 Å². The number of ether oxygens (including phenoxy) is 3. The van der Waals surface area contributed by atoms with Gasteiger partial charge in [-0.3, -0.25) is 14.4 Å². The molecule has 65 heavy (non-hydrogen) atoms. The van der Waals surface area contributed by atoms with Crippen LogP contribution in [-0.2, 0) is 28.6 Å². The topological polar surface area (TPSA) is 78.9 Å². The first-order chi connectivity index (χ1) is 32.0. The van der Waals surface area contributed by atoms with Gasteiger partial charge in [0.2, 0.25) is 0 Å². The second kappa shape index (κ2) is 52.7. The van der Waals surface area contributed by atoms with Gasteiger partial charge >= 0.3 is 17.9 Å². The largest absolute Gasteiger partial charge is 0.462 e. The Balaban J connectivity index is 4.53. The van der Waals surface area contributed by atoms with Crippen molar-refractivity contribution in [3.05, 3.63) is 109 Å². The van der Waals surface area contributed by atoms with E-state index < -0.39 is 6.10 Å². The van der Waals surface area contributed by atoms with Crippen LogP contribution in [0.4, 0.5) is 0 Å². The Labute approximate surface area is 400 Å². The molecule has 0 saturated heterocycles. The first kappa shape index (κ1) is 61.1. The Kier molecular flexibility index (Phi) is 49.5. The number of carbonyl (C=O) groups excluding carboxylic acids is 3. The Morgan fingerprint density at radius 2 is 0.631 bits per heavy atom. The molecule has 6 heteroatoms. The Bertz CT molecular complexity index is 1360. The predicted octanol–water partition coefficient (Wildman–Crippen LogP) is 17.5. The van der Waals surface area contributed by atoms with E-state index in [-0.39, 0.29) is 37.5 Å². The van der Waals surface area contributed by atoms with Crippen molar-refractivity contribution in [3.8, 4) is 0 Å². The zero-order valence-electron chi connectivity index (χ0n) is 42.0. The zero-order chi connectivity index (χ0) is 47.2. The van der Waals surface area contributed by atoms with Crippen molar-refractivity contribution in [2.24, 2.45) is 0 Å². The van der Waals surface area contributed by atoms with Gasteiger partial charge in [-0.1, -0.05) is 226 Å². The number of unbranched alkanes of at least 4 members (excludes halogenated alkanes) is 17. The van der Waals surface area contributed by atoms with Gasteiger partial charge in [-0.2, -0.15) is 0 Å². The smallest absolute Gasteiger partial charge is 0.306 e. The molecule has 0 heterocycles. The van der Waals surface area contributed by atoms with Gasteiger partial charge in [0.05, 0.1) is 0 Å². The molecule has 0 aliphatic rings. The highest BCUT2D eigenvalue weighted by atomic mass is 16.6. The molecule has 0 unspecified atom stereocenters. The number of carbonyl (C=O) groups is 3. The third kappa shape index (κ3) is 50.9. The van der Waals surface area contributed by atoms with Crippen LogP contribution in [0.1, 0.15) is 226 Å². The van der Waals surface area contributed by atoms with Gasteiger partial charge in [0.1, 0.15) is 13.2 Å². The van der Waals surface area contributed by atoms with Crippen LogP contribution in [0.3, 0.4) is 0 Å². The number of hydrogen-bond acceptors (Lipinski definition) is 6. The van der Waals surface area contributed by atoms with E-state index in [1.807, 2.05) is 12.2 Å². The van der Waals surface area contributed by atoms with Crippen molar-refractivity contribution < 1.29 is 28.6 Å². The minimum atomic E-state index is -0.817. The Morgan fingerprint density at radius 1 is 0.323 bits per heavy atom. The quantitative estimate of drug-likeness (QED) is 0.0262. The lowest BCUT2D eigenvalue weighted by Gasteiger charge is -2.18. The van der Waals surface area contributed by atoms with Gasteiger partial charge in [0, 0.05) is 19.3 Å². The Hall–Kier alpha value is -3.93. The van der Waals surface area contributed by atoms with E-state index in [1.54, 1.807) is 0 Å². The van der Waals surface area contributed by atoms with Gasteiger partial charge in [0.15, 0.2) is 6.10 Å². The molecule has 0 fully saturated rings. The third-order valence-electron chi connectivity index (χ3n) is 10.8. The van der Waals surface area contributed by atoms with E-state index in [4.69, 9.17) is 14.2 Å². The first-order valence-corrected chi connectivity index (χ1v) is 26.4. The summed E-state index contributed by atoms with van der Waals surface area (Å²) in [4.78, 5) is 38.0. The standard InChI is InChI=1S/C59H96O6/c1-4-7-10-13-16-19-22-25-27-28-29-30-32-34-37-40-43-46-49-52-58(61)64-55-56(54-63-57(60)51-48-45-42-39-36-33-24-21-18-15-12-9-6-3)65-59(62)53-50-47-44-41-38-35-31-26-23-20-17-14-11-8-5-2/h7-8,10-11,16-17,19-20,25-27,29-31,34,37,43,46,56H,4-6,9,12-15,18,21-24,28,32-33,35-36,38-42,44-45,47-55H2,1-3H3/b10-7-,11-8-,19-16-,20-17-,27-25-,30-29-,31-26-,37-34-,46-43-/t56-/m1/s1. The highest BCUT2D eigenvalue weighted by Crippen LogP contribution is 2.14. The van der Waals surface area contributed by atoms with Crippen molar-refractivity contribution in [3.63, 3.8) is 0 Å². The van der Waals surface area contributed by atoms with Crippen LogP contribution >= 0.6 is 0 Å². The SMILES string of the molecule is CC/C=C\C/C=C\C/C=C\C/C=C\C/C=C\C/C=C\CCC(=O)OC[C@@H](COC(=O)CCCCCCCCCCCCCCC)OC(=O)CCCCCCC/C=C\C/C=C\C/C=C\CC. The normalized spacial score (nSPS) is 13.0. The summed E-state index contributed by atoms with van der Waals surface area (Å²) in [5.41, 5.74) is 0. The van der Waals surface area contributed by atoms with Crippen LogP contribution < -0.4 is 0 Å². The number of allylic oxidation sites excluding steroid dienone is 18. The molecule has 0 aliphatic heterocycles. The van der Waals surface area contributed by atoms with E-state index in [9.17, 15) is 14.4 Å². The monoisotopic (exact) mass is 901 g/mol. The molecule has 0 aromatic carbocycles. The van der Waals surface area contributed by atoms with Gasteiger partial charge < -0.3 is 14.2 Å². The Morgan fingerprint density at radius 3 is 1.03 bits per heavy atom. The molecule has 0 saturated carbocycles. The van der Waals surface area contributed by atoms with Gasteiger partial charge in [-0.15, -0.1) is 0 Å². The lowest BCUT2D eigenvalue weighted by atomic mass is 10.0. The minimum absolute atomic E-state index is 0.108. The number of esters is 3. The summed E-state index contributed by atoms with van der Waals surface area (Å²) in [6.45, 7) is 6.32. The molecule has 6 nitrogen and oxygen atoms in total. The maximum Gasteiger partial charge on any atom is 0.306 e. The minimum Gasteiger partial charge on any atom is -0.462 e. The molecular weight excluding hydrogens is 805 g/mol. The summed E-state index contributed by atoms with van der Waals surface area (Å²) in [5.74, 6) is -1.02. The second-order valence-corrected chi connectivity index (χ2v) is 17.0. The molecule has 368 valence electrons. The molecule has 0 spiro atoms. The fourth-order valence-electron chi connectivity index (χ4n) is 6.89. The molecule has 0 N–H and O–H groups in total. The van der Waals surface area contributed by atoms with Crippen LogP contribution in [-0.4, -0.2) is 37.2 Å². The fourth-order valence-corrected chi connectivity index (χ4v) is 6.89. The molecule has 0 rings (SSSR count). The molecule has 0 aromatic heterocycles. The van der Waals surface area contributed by atoms with Gasteiger partial charge in [-0.25, -0.2) is 0 Å². The van der Waals surface area contributed by atoms with Crippen molar-refractivity contribution in [2.75, 3.05) is 13.2 Å². The average molecular weight is 901 g/mol. The molecule has 0 bridgehead atoms. The van der Waals surface area contributed by atoms with E-state index >= 15 is 0 Å². The van der Waals surface area contributed by atoms with Crippen molar-refractivity contribution >= 4 is 17.9 Å². The summed E-state index contributed by atoms with van der Waals surface area (Å²) in [6, 6.07) is 0. The van der Waals surface area contributed by atoms with Crippen molar-refractivity contribution in [1.82, 2.24) is 0 Å². The van der Waals surface area contributed by atoms with Gasteiger partial charge in [0.25, 0.3) is 0 Å². The van der Waals surface area contributed by atoms with Crippen LogP contribution in [0.25, 0.3) is 0 Å². The van der Waals surface area contributed by atoms with E-state index in [0.29, 0.717) is 19.3 Å². The van der Waals surface area contributed by atoms with Gasteiger partial charge in [-0.05, 0) is 89.9 Å². The van der Waals surface area contributed by atoms with E-state index in [2.05, 4.69) is 118 Å². The molecule has 0 amide bonds. The van der Waals surface area contributed by atoms with E-state index in [1.165, 1.54) is 64.2 Å². The summed E-state index contributed by atoms with van der Waals surface area (Å²) in [7, 11) is 0. The summed E-state index contributed by atoms with van der Waals surface area (Å²) in [5, 5.41) is 0. The third-order valence-corrected chi connectivity index (χ3v) is 10.8. The highest BCUT2D eigenvalue weighted by Gasteiger charge is 2.19. The zero-order valence-corrected chi connectivity index (χ0v) is 42.0. The molecular formula is C59H96O6. The molecule has 0 radical (unpaired) electrons. The molecule has 0 aliphatic carbocycles. The van der Waals surface area contributed by atoms with Crippen molar-refractivity contribution in [2.45, 2.75) is 232 Å². The highest BCUT2D eigenvalue weighted by molar-refractivity contribution is 5.71. The summed E-state index contributed by atoms with van der Waals surface area (Å²) >= 11 is 0. The first-order valence-electron chi connectivity index (χ1n) is 26.4. The average Bonchev–Trinajstić information content (AvgIpc) is 3.30. The summed E-state index contributed by atoms with van der Waals surface area (Å²) in [6.07, 6.45) is 70.8. The maximum atomic E-state index is 12.8. The van der Waals surface area contributed by atoms with Crippen molar-refractivity contribution in [1.29, 1.82) is 0 Å². The van der Waals surface area contributed by atoms with Crippen LogP contribution in [0.2, 0.25) is 0 Å². The lowest BCUT2D eigenvalue weighted by Crippen LogP contribution is -2.30. The molecule has 0 aromatic rings. The van der Waals surface area contributed by atoms with Crippen LogP contribution in [0.5, 0.6) is 0 Å². The molecule has 1 atom stereocenters. The van der Waals surface area contributed by atoms with E-state index in [0.717, 1.165) is 116 Å². The number of rotatable bonds is 46. The summed E-state index contributed by atoms with van der Waals surface area (Å²) < 4.78 is 16.7. The number of hydrogen-bond donors (Lipinski definition) is 0. The maximum absolute atomic E-state index is 12.8.